The van der Waals surface area contributed by atoms with Crippen molar-refractivity contribution in [2.45, 2.75) is 32.5 Å². The summed E-state index contributed by atoms with van der Waals surface area (Å²) in [7, 11) is 0. The Morgan fingerprint density at radius 2 is 1.79 bits per heavy atom. The van der Waals surface area contributed by atoms with Crippen LogP contribution in [0.4, 0.5) is 28.0 Å². The minimum Gasteiger partial charge on any atom is -0.444 e. The second-order valence-electron chi connectivity index (χ2n) is 4.82. The highest BCUT2D eigenvalue weighted by Gasteiger charge is 2.34. The summed E-state index contributed by atoms with van der Waals surface area (Å²) in [5.41, 5.74) is -2.42. The molecule has 0 radical (unpaired) electrons. The molecule has 0 aliphatic heterocycles. The quantitative estimate of drug-likeness (QED) is 0.783. The molecule has 106 valence electrons. The summed E-state index contributed by atoms with van der Waals surface area (Å²) in [6.07, 6.45) is -5.73. The van der Waals surface area contributed by atoms with Crippen LogP contribution in [0.1, 0.15) is 26.3 Å². The lowest BCUT2D eigenvalue weighted by atomic mass is 10.2. The summed E-state index contributed by atoms with van der Waals surface area (Å²) >= 11 is 0. The van der Waals surface area contributed by atoms with Crippen LogP contribution in [0.2, 0.25) is 0 Å². The van der Waals surface area contributed by atoms with Gasteiger partial charge in [0.1, 0.15) is 11.4 Å². The summed E-state index contributed by atoms with van der Waals surface area (Å²) < 4.78 is 55.2. The van der Waals surface area contributed by atoms with Crippen molar-refractivity contribution in [2.75, 3.05) is 5.32 Å². The number of hydrogen-bond acceptors (Lipinski definition) is 2. The van der Waals surface area contributed by atoms with Crippen molar-refractivity contribution in [3.05, 3.63) is 29.6 Å². The summed E-state index contributed by atoms with van der Waals surface area (Å²) in [5, 5.41) is 2.11. The average molecular weight is 279 g/mol. The zero-order valence-corrected chi connectivity index (χ0v) is 10.6. The van der Waals surface area contributed by atoms with Gasteiger partial charge in [0.25, 0.3) is 0 Å². The zero-order chi connectivity index (χ0) is 14.8. The molecule has 1 amide bonds. The molecular weight excluding hydrogens is 266 g/mol. The third-order valence-electron chi connectivity index (χ3n) is 1.92. The van der Waals surface area contributed by atoms with Gasteiger partial charge in [0.2, 0.25) is 0 Å². The van der Waals surface area contributed by atoms with Gasteiger partial charge in [-0.1, -0.05) is 0 Å². The van der Waals surface area contributed by atoms with Gasteiger partial charge in [-0.3, -0.25) is 5.32 Å². The molecule has 0 heterocycles. The molecule has 19 heavy (non-hydrogen) atoms. The SMILES string of the molecule is CC(C)(C)OC(=O)Nc1ccc(F)c(C(F)(F)F)c1. The highest BCUT2D eigenvalue weighted by Crippen LogP contribution is 2.33. The molecule has 7 heteroatoms. The van der Waals surface area contributed by atoms with E-state index in [9.17, 15) is 22.4 Å². The van der Waals surface area contributed by atoms with Gasteiger partial charge in [-0.25, -0.2) is 9.18 Å². The van der Waals surface area contributed by atoms with Crippen LogP contribution in [-0.4, -0.2) is 11.7 Å². The number of hydrogen-bond donors (Lipinski definition) is 1. The lowest BCUT2D eigenvalue weighted by molar-refractivity contribution is -0.139. The van der Waals surface area contributed by atoms with Gasteiger partial charge in [-0.2, -0.15) is 13.2 Å². The smallest absolute Gasteiger partial charge is 0.419 e. The number of alkyl halides is 3. The Labute approximate surface area is 107 Å². The summed E-state index contributed by atoms with van der Waals surface area (Å²) in [4.78, 5) is 11.4. The zero-order valence-electron chi connectivity index (χ0n) is 10.6. The van der Waals surface area contributed by atoms with Crippen LogP contribution < -0.4 is 5.32 Å². The molecule has 0 aromatic heterocycles. The average Bonchev–Trinajstić information content (AvgIpc) is 2.16. The fourth-order valence-electron chi connectivity index (χ4n) is 1.24. The minimum atomic E-state index is -4.82. The Hall–Kier alpha value is -1.79. The number of nitrogens with one attached hydrogen (secondary N) is 1. The van der Waals surface area contributed by atoms with Crippen LogP contribution in [0.5, 0.6) is 0 Å². The number of rotatable bonds is 1. The molecule has 0 aliphatic carbocycles. The molecule has 0 atom stereocenters. The summed E-state index contributed by atoms with van der Waals surface area (Å²) in [6, 6.07) is 2.17. The number of anilines is 1. The van der Waals surface area contributed by atoms with Crippen LogP contribution in [0.25, 0.3) is 0 Å². The van der Waals surface area contributed by atoms with Crippen LogP contribution in [0, 0.1) is 5.82 Å². The molecule has 0 fully saturated rings. The molecule has 1 aromatic carbocycles. The van der Waals surface area contributed by atoms with Crippen molar-refractivity contribution < 1.29 is 27.1 Å². The molecule has 1 aromatic rings. The highest BCUT2D eigenvalue weighted by molar-refractivity contribution is 5.85. The minimum absolute atomic E-state index is 0.192. The van der Waals surface area contributed by atoms with Crippen molar-refractivity contribution in [2.24, 2.45) is 0 Å². The van der Waals surface area contributed by atoms with E-state index in [1.165, 1.54) is 0 Å². The molecule has 1 rings (SSSR count). The second-order valence-corrected chi connectivity index (χ2v) is 4.82. The van der Waals surface area contributed by atoms with Gasteiger partial charge in [-0.05, 0) is 39.0 Å². The Balaban J connectivity index is 2.89. The van der Waals surface area contributed by atoms with E-state index in [0.717, 1.165) is 6.07 Å². The number of benzene rings is 1. The maximum absolute atomic E-state index is 13.0. The molecule has 0 spiro atoms. The number of ether oxygens (including phenoxy) is 1. The maximum Gasteiger partial charge on any atom is 0.419 e. The largest absolute Gasteiger partial charge is 0.444 e. The predicted molar refractivity (Wildman–Crippen MR) is 61.3 cm³/mol. The highest BCUT2D eigenvalue weighted by atomic mass is 19.4. The molecule has 3 nitrogen and oxygen atoms in total. The van der Waals surface area contributed by atoms with E-state index in [1.807, 2.05) is 0 Å². The molecule has 0 saturated carbocycles. The Kier molecular flexibility index (Phi) is 4.07. The first-order valence-corrected chi connectivity index (χ1v) is 5.36. The maximum atomic E-state index is 13.0. The van der Waals surface area contributed by atoms with Gasteiger partial charge in [0.05, 0.1) is 5.56 Å². The third kappa shape index (κ3) is 4.76. The topological polar surface area (TPSA) is 38.3 Å². The van der Waals surface area contributed by atoms with Crippen molar-refractivity contribution in [1.82, 2.24) is 0 Å². The van der Waals surface area contributed by atoms with E-state index < -0.39 is 29.3 Å². The van der Waals surface area contributed by atoms with Crippen LogP contribution in [0.3, 0.4) is 0 Å². The molecule has 0 bridgehead atoms. The number of amides is 1. The number of carbonyl (C=O) groups excluding carboxylic acids is 1. The normalized spacial score (nSPS) is 12.2. The molecular formula is C12H13F4NO2. The molecule has 0 unspecified atom stereocenters. The van der Waals surface area contributed by atoms with Gasteiger partial charge in [0.15, 0.2) is 0 Å². The van der Waals surface area contributed by atoms with Crippen LogP contribution in [-0.2, 0) is 10.9 Å². The predicted octanol–water partition coefficient (Wildman–Crippen LogP) is 4.19. The van der Waals surface area contributed by atoms with E-state index in [2.05, 4.69) is 5.32 Å². The van der Waals surface area contributed by atoms with Gasteiger partial charge in [-0.15, -0.1) is 0 Å². The first-order chi connectivity index (χ1) is 8.49. The van der Waals surface area contributed by atoms with Crippen molar-refractivity contribution in [1.29, 1.82) is 0 Å². The van der Waals surface area contributed by atoms with Gasteiger partial charge >= 0.3 is 12.3 Å². The lowest BCUT2D eigenvalue weighted by Gasteiger charge is -2.20. The molecule has 1 N–H and O–H groups in total. The van der Waals surface area contributed by atoms with Crippen molar-refractivity contribution >= 4 is 11.8 Å². The first-order valence-electron chi connectivity index (χ1n) is 5.36. The van der Waals surface area contributed by atoms with Crippen molar-refractivity contribution in [3.63, 3.8) is 0 Å². The standard InChI is InChI=1S/C12H13F4NO2/c1-11(2,3)19-10(18)17-7-4-5-9(13)8(6-7)12(14,15)16/h4-6H,1-3H3,(H,17,18). The second kappa shape index (κ2) is 5.07. The number of carbonyl (C=O) groups is 1. The van der Waals surface area contributed by atoms with Crippen LogP contribution in [0.15, 0.2) is 18.2 Å². The fraction of sp³-hybridized carbons (Fsp3) is 0.417. The number of halogens is 4. The van der Waals surface area contributed by atoms with E-state index in [-0.39, 0.29) is 5.69 Å². The first kappa shape index (κ1) is 15.3. The summed E-state index contributed by atoms with van der Waals surface area (Å²) in [5.74, 6) is -1.40. The Bertz CT molecular complexity index is 478. The van der Waals surface area contributed by atoms with Gasteiger partial charge < -0.3 is 4.74 Å². The van der Waals surface area contributed by atoms with E-state index in [0.29, 0.717) is 12.1 Å². The Morgan fingerprint density at radius 1 is 1.21 bits per heavy atom. The van der Waals surface area contributed by atoms with Crippen LogP contribution >= 0.6 is 0 Å². The Morgan fingerprint density at radius 3 is 2.26 bits per heavy atom. The fourth-order valence-corrected chi connectivity index (χ4v) is 1.24. The van der Waals surface area contributed by atoms with E-state index >= 15 is 0 Å². The van der Waals surface area contributed by atoms with E-state index in [1.54, 1.807) is 20.8 Å². The van der Waals surface area contributed by atoms with E-state index in [4.69, 9.17) is 4.74 Å². The third-order valence-corrected chi connectivity index (χ3v) is 1.92. The summed E-state index contributed by atoms with van der Waals surface area (Å²) in [6.45, 7) is 4.83. The molecule has 0 saturated heterocycles. The van der Waals surface area contributed by atoms with Gasteiger partial charge in [0, 0.05) is 5.69 Å². The lowest BCUT2D eigenvalue weighted by Crippen LogP contribution is -2.27. The monoisotopic (exact) mass is 279 g/mol. The van der Waals surface area contributed by atoms with Crippen molar-refractivity contribution in [3.8, 4) is 0 Å². The molecule has 0 aliphatic rings.